The number of halogens is 1. The van der Waals surface area contributed by atoms with Gasteiger partial charge in [0.1, 0.15) is 5.82 Å². The lowest BCUT2D eigenvalue weighted by Crippen LogP contribution is -2.36. The third kappa shape index (κ3) is 2.49. The second-order valence-corrected chi connectivity index (χ2v) is 6.41. The highest BCUT2D eigenvalue weighted by molar-refractivity contribution is 7.19. The summed E-state index contributed by atoms with van der Waals surface area (Å²) >= 11 is 1.66. The van der Waals surface area contributed by atoms with Gasteiger partial charge in [0.05, 0.1) is 6.04 Å². The molecule has 2 aromatic rings. The van der Waals surface area contributed by atoms with Gasteiger partial charge in [-0.05, 0) is 35.1 Å². The van der Waals surface area contributed by atoms with E-state index < -0.39 is 0 Å². The van der Waals surface area contributed by atoms with Crippen LogP contribution in [0.4, 0.5) is 4.39 Å². The van der Waals surface area contributed by atoms with Crippen molar-refractivity contribution in [1.29, 1.82) is 0 Å². The fraction of sp³-hybridized carbons (Fsp3) is 0.385. The van der Waals surface area contributed by atoms with Crippen LogP contribution in [0.2, 0.25) is 0 Å². The van der Waals surface area contributed by atoms with Gasteiger partial charge in [0.25, 0.3) is 0 Å². The Kier molecular flexibility index (Phi) is 3.21. The van der Waals surface area contributed by atoms with E-state index in [4.69, 9.17) is 5.84 Å². The van der Waals surface area contributed by atoms with Crippen LogP contribution in [0.5, 0.6) is 0 Å². The van der Waals surface area contributed by atoms with Crippen LogP contribution in [0, 0.1) is 11.2 Å². The Bertz CT molecular complexity index is 528. The largest absolute Gasteiger partial charge is 0.271 e. The molecule has 1 atom stereocenters. The highest BCUT2D eigenvalue weighted by Crippen LogP contribution is 2.38. The van der Waals surface area contributed by atoms with Crippen LogP contribution in [0.25, 0.3) is 10.1 Å². The zero-order chi connectivity index (χ0) is 12.6. The van der Waals surface area contributed by atoms with Crippen LogP contribution in [0.1, 0.15) is 31.7 Å². The molecule has 0 aliphatic heterocycles. The van der Waals surface area contributed by atoms with E-state index in [1.807, 2.05) is 12.1 Å². The average Bonchev–Trinajstić information content (AvgIpc) is 2.58. The third-order valence-electron chi connectivity index (χ3n) is 2.81. The summed E-state index contributed by atoms with van der Waals surface area (Å²) in [4.78, 5) is 1.14. The SMILES string of the molecule is CC(C)(C)C(NN)c1cc2cc(F)ccc2s1. The second kappa shape index (κ2) is 4.37. The van der Waals surface area contributed by atoms with E-state index in [2.05, 4.69) is 26.2 Å². The summed E-state index contributed by atoms with van der Waals surface area (Å²) in [5.74, 6) is 5.43. The number of nitrogens with one attached hydrogen (secondary N) is 1. The molecule has 0 saturated heterocycles. The summed E-state index contributed by atoms with van der Waals surface area (Å²) < 4.78 is 14.2. The smallest absolute Gasteiger partial charge is 0.123 e. The van der Waals surface area contributed by atoms with Crippen molar-refractivity contribution >= 4 is 21.4 Å². The van der Waals surface area contributed by atoms with Gasteiger partial charge in [-0.3, -0.25) is 11.3 Å². The molecule has 0 aliphatic rings. The van der Waals surface area contributed by atoms with E-state index in [1.54, 1.807) is 17.4 Å². The van der Waals surface area contributed by atoms with Gasteiger partial charge in [0.15, 0.2) is 0 Å². The minimum atomic E-state index is -0.199. The monoisotopic (exact) mass is 252 g/mol. The predicted molar refractivity (Wildman–Crippen MR) is 71.3 cm³/mol. The lowest BCUT2D eigenvalue weighted by atomic mass is 9.86. The van der Waals surface area contributed by atoms with Crippen LogP contribution in [-0.4, -0.2) is 0 Å². The van der Waals surface area contributed by atoms with Crippen molar-refractivity contribution in [3.8, 4) is 0 Å². The van der Waals surface area contributed by atoms with Crippen LogP contribution < -0.4 is 11.3 Å². The topological polar surface area (TPSA) is 38.0 Å². The fourth-order valence-corrected chi connectivity index (χ4v) is 3.29. The Balaban J connectivity index is 2.48. The highest BCUT2D eigenvalue weighted by atomic mass is 32.1. The van der Waals surface area contributed by atoms with Gasteiger partial charge >= 0.3 is 0 Å². The number of hydrazine groups is 1. The molecule has 1 aromatic carbocycles. The van der Waals surface area contributed by atoms with Crippen molar-refractivity contribution in [1.82, 2.24) is 5.43 Å². The summed E-state index contributed by atoms with van der Waals surface area (Å²) in [6.45, 7) is 6.38. The van der Waals surface area contributed by atoms with Crippen molar-refractivity contribution in [2.24, 2.45) is 11.3 Å². The van der Waals surface area contributed by atoms with Crippen molar-refractivity contribution in [3.63, 3.8) is 0 Å². The van der Waals surface area contributed by atoms with Gasteiger partial charge in [-0.15, -0.1) is 11.3 Å². The number of hydrogen-bond acceptors (Lipinski definition) is 3. The first-order valence-corrected chi connectivity index (χ1v) is 6.38. The molecule has 2 nitrogen and oxygen atoms in total. The Morgan fingerprint density at radius 1 is 1.29 bits per heavy atom. The Morgan fingerprint density at radius 2 is 2.00 bits per heavy atom. The second-order valence-electron chi connectivity index (χ2n) is 5.30. The molecule has 0 saturated carbocycles. The molecule has 1 unspecified atom stereocenters. The molecule has 1 heterocycles. The summed E-state index contributed by atoms with van der Waals surface area (Å²) in [5, 5.41) is 0.939. The number of fused-ring (bicyclic) bond motifs is 1. The number of benzene rings is 1. The summed E-state index contributed by atoms with van der Waals surface area (Å²) in [7, 11) is 0. The zero-order valence-electron chi connectivity index (χ0n) is 10.3. The van der Waals surface area contributed by atoms with E-state index in [9.17, 15) is 4.39 Å². The molecule has 0 amide bonds. The molecule has 0 aliphatic carbocycles. The van der Waals surface area contributed by atoms with E-state index in [0.717, 1.165) is 15.0 Å². The van der Waals surface area contributed by atoms with Gasteiger partial charge in [-0.1, -0.05) is 20.8 Å². The van der Waals surface area contributed by atoms with E-state index in [1.165, 1.54) is 6.07 Å². The summed E-state index contributed by atoms with van der Waals surface area (Å²) in [6, 6.07) is 6.95. The van der Waals surface area contributed by atoms with Crippen LogP contribution >= 0.6 is 11.3 Å². The van der Waals surface area contributed by atoms with Crippen molar-refractivity contribution in [3.05, 3.63) is 35.0 Å². The molecule has 0 spiro atoms. The van der Waals surface area contributed by atoms with Gasteiger partial charge in [-0.25, -0.2) is 4.39 Å². The molecule has 4 heteroatoms. The molecule has 1 aromatic heterocycles. The summed E-state index contributed by atoms with van der Waals surface area (Å²) in [5.41, 5.74) is 2.87. The number of hydrogen-bond donors (Lipinski definition) is 2. The first-order chi connectivity index (χ1) is 7.91. The van der Waals surface area contributed by atoms with Crippen molar-refractivity contribution in [2.45, 2.75) is 26.8 Å². The normalized spacial score (nSPS) is 14.2. The molecule has 17 heavy (non-hydrogen) atoms. The lowest BCUT2D eigenvalue weighted by Gasteiger charge is -2.28. The van der Waals surface area contributed by atoms with Gasteiger partial charge in [-0.2, -0.15) is 0 Å². The molecular weight excluding hydrogens is 235 g/mol. The number of nitrogens with two attached hydrogens (primary N) is 1. The Labute approximate surface area is 105 Å². The van der Waals surface area contributed by atoms with Gasteiger partial charge < -0.3 is 0 Å². The first kappa shape index (κ1) is 12.5. The molecule has 2 rings (SSSR count). The Morgan fingerprint density at radius 3 is 2.59 bits per heavy atom. The fourth-order valence-electron chi connectivity index (χ4n) is 1.94. The quantitative estimate of drug-likeness (QED) is 0.633. The van der Waals surface area contributed by atoms with E-state index in [0.29, 0.717) is 0 Å². The Hall–Kier alpha value is -0.970. The molecule has 0 bridgehead atoms. The number of rotatable bonds is 2. The minimum Gasteiger partial charge on any atom is -0.271 e. The maximum absolute atomic E-state index is 13.1. The van der Waals surface area contributed by atoms with Gasteiger partial charge in [0, 0.05) is 9.58 Å². The van der Waals surface area contributed by atoms with Crippen LogP contribution in [-0.2, 0) is 0 Å². The molecule has 0 radical (unpaired) electrons. The molecule has 0 fully saturated rings. The first-order valence-electron chi connectivity index (χ1n) is 5.57. The van der Waals surface area contributed by atoms with Gasteiger partial charge in [0.2, 0.25) is 0 Å². The zero-order valence-corrected chi connectivity index (χ0v) is 11.1. The maximum Gasteiger partial charge on any atom is 0.123 e. The molecular formula is C13H17FN2S. The van der Waals surface area contributed by atoms with Crippen LogP contribution in [0.15, 0.2) is 24.3 Å². The van der Waals surface area contributed by atoms with Crippen molar-refractivity contribution < 1.29 is 4.39 Å². The molecule has 3 N–H and O–H groups in total. The molecule has 92 valence electrons. The lowest BCUT2D eigenvalue weighted by molar-refractivity contribution is 0.279. The van der Waals surface area contributed by atoms with Crippen molar-refractivity contribution in [2.75, 3.05) is 0 Å². The van der Waals surface area contributed by atoms with E-state index >= 15 is 0 Å². The highest BCUT2D eigenvalue weighted by Gasteiger charge is 2.26. The summed E-state index contributed by atoms with van der Waals surface area (Å²) in [6.07, 6.45) is 0. The third-order valence-corrected chi connectivity index (χ3v) is 4.00. The maximum atomic E-state index is 13.1. The number of thiophene rings is 1. The standard InChI is InChI=1S/C13H17FN2S/c1-13(2,3)12(16-15)11-7-8-6-9(14)4-5-10(8)17-11/h4-7,12,16H,15H2,1-3H3. The van der Waals surface area contributed by atoms with Crippen LogP contribution in [0.3, 0.4) is 0 Å². The average molecular weight is 252 g/mol. The minimum absolute atomic E-state index is 0.0220. The predicted octanol–water partition coefficient (Wildman–Crippen LogP) is 3.59. The van der Waals surface area contributed by atoms with E-state index in [-0.39, 0.29) is 17.3 Å².